The maximum Gasteiger partial charge on any atom is 0.325 e. The Morgan fingerprint density at radius 3 is 1.88 bits per heavy atom. The number of esters is 2. The van der Waals surface area contributed by atoms with Crippen molar-refractivity contribution in [1.82, 2.24) is 4.90 Å². The molecule has 0 aliphatic heterocycles. The van der Waals surface area contributed by atoms with Gasteiger partial charge in [-0.3, -0.25) is 14.4 Å². The zero-order chi connectivity index (χ0) is 13.3. The van der Waals surface area contributed by atoms with Gasteiger partial charge in [-0.2, -0.15) is 0 Å². The van der Waals surface area contributed by atoms with Gasteiger partial charge in [0.2, 0.25) is 5.91 Å². The maximum absolute atomic E-state index is 11.6. The van der Waals surface area contributed by atoms with Gasteiger partial charge in [0.25, 0.3) is 0 Å². The van der Waals surface area contributed by atoms with Gasteiger partial charge >= 0.3 is 11.9 Å². The third-order valence-electron chi connectivity index (χ3n) is 2.00. The summed E-state index contributed by atoms with van der Waals surface area (Å²) in [6, 6.07) is 0. The molecule has 1 amide bonds. The van der Waals surface area contributed by atoms with Crippen LogP contribution < -0.4 is 0 Å². The van der Waals surface area contributed by atoms with Crippen molar-refractivity contribution in [1.29, 1.82) is 0 Å². The Morgan fingerprint density at radius 2 is 1.53 bits per heavy atom. The highest BCUT2D eigenvalue weighted by Crippen LogP contribution is 1.99. The molecule has 0 aliphatic rings. The molecule has 0 aliphatic carbocycles. The number of hydrogen-bond donors (Lipinski definition) is 1. The number of aliphatic hydroxyl groups excluding tert-OH is 1. The van der Waals surface area contributed by atoms with Crippen molar-refractivity contribution in [3.8, 4) is 0 Å². The van der Waals surface area contributed by atoms with Crippen molar-refractivity contribution in [2.45, 2.75) is 12.8 Å². The molecule has 0 heterocycles. The molecule has 7 heteroatoms. The third kappa shape index (κ3) is 6.52. The largest absolute Gasteiger partial charge is 0.468 e. The van der Waals surface area contributed by atoms with E-state index in [2.05, 4.69) is 9.47 Å². The quantitative estimate of drug-likeness (QED) is 0.576. The predicted octanol–water partition coefficient (Wildman–Crippen LogP) is -1.07. The number of amides is 1. The standard InChI is InChI=1S/C10H17NO6/c1-16-9(14)6-11(7-10(15)17-2)8(13)4-3-5-12/h12H,3-7H2,1-2H3. The summed E-state index contributed by atoms with van der Waals surface area (Å²) in [5, 5.41) is 8.60. The summed E-state index contributed by atoms with van der Waals surface area (Å²) >= 11 is 0. The summed E-state index contributed by atoms with van der Waals surface area (Å²) in [5.74, 6) is -1.65. The second-order valence-electron chi connectivity index (χ2n) is 3.23. The van der Waals surface area contributed by atoms with Gasteiger partial charge in [0.05, 0.1) is 14.2 Å². The molecule has 0 radical (unpaired) electrons. The van der Waals surface area contributed by atoms with E-state index in [1.54, 1.807) is 0 Å². The highest BCUT2D eigenvalue weighted by atomic mass is 16.5. The Hall–Kier alpha value is -1.63. The van der Waals surface area contributed by atoms with Crippen LogP contribution in [0, 0.1) is 0 Å². The van der Waals surface area contributed by atoms with Crippen LogP contribution in [0.2, 0.25) is 0 Å². The zero-order valence-electron chi connectivity index (χ0n) is 9.97. The van der Waals surface area contributed by atoms with Crippen LogP contribution >= 0.6 is 0 Å². The van der Waals surface area contributed by atoms with Gasteiger partial charge in [-0.15, -0.1) is 0 Å². The van der Waals surface area contributed by atoms with E-state index in [1.807, 2.05) is 0 Å². The molecule has 0 bridgehead atoms. The van der Waals surface area contributed by atoms with E-state index in [0.29, 0.717) is 0 Å². The fraction of sp³-hybridized carbons (Fsp3) is 0.700. The fourth-order valence-corrected chi connectivity index (χ4v) is 1.06. The minimum atomic E-state index is -0.619. The van der Waals surface area contributed by atoms with Gasteiger partial charge in [0, 0.05) is 13.0 Å². The Labute approximate surface area is 99.3 Å². The van der Waals surface area contributed by atoms with Gasteiger partial charge in [0.1, 0.15) is 13.1 Å². The lowest BCUT2D eigenvalue weighted by Gasteiger charge is -2.19. The van der Waals surface area contributed by atoms with Crippen LogP contribution in [0.3, 0.4) is 0 Å². The lowest BCUT2D eigenvalue weighted by atomic mass is 10.3. The molecule has 0 fully saturated rings. The van der Waals surface area contributed by atoms with Crippen LogP contribution in [0.25, 0.3) is 0 Å². The number of methoxy groups -OCH3 is 2. The van der Waals surface area contributed by atoms with Gasteiger partial charge in [0.15, 0.2) is 0 Å². The first-order valence-corrected chi connectivity index (χ1v) is 5.07. The summed E-state index contributed by atoms with van der Waals surface area (Å²) < 4.78 is 8.83. The second kappa shape index (κ2) is 8.51. The van der Waals surface area contributed by atoms with Gasteiger partial charge in [-0.1, -0.05) is 0 Å². The minimum Gasteiger partial charge on any atom is -0.468 e. The third-order valence-corrected chi connectivity index (χ3v) is 2.00. The Kier molecular flexibility index (Phi) is 7.70. The molecule has 0 aromatic rings. The maximum atomic E-state index is 11.6. The van der Waals surface area contributed by atoms with Crippen molar-refractivity contribution >= 4 is 17.8 Å². The summed E-state index contributed by atoms with van der Waals surface area (Å²) in [6.45, 7) is -0.748. The molecular formula is C10H17NO6. The zero-order valence-corrected chi connectivity index (χ0v) is 9.97. The molecule has 0 saturated heterocycles. The molecule has 0 saturated carbocycles. The number of ether oxygens (including phenoxy) is 2. The van der Waals surface area contributed by atoms with Crippen LogP contribution in [0.4, 0.5) is 0 Å². The average molecular weight is 247 g/mol. The van der Waals surface area contributed by atoms with E-state index in [0.717, 1.165) is 4.90 Å². The molecule has 0 spiro atoms. The Morgan fingerprint density at radius 1 is 1.06 bits per heavy atom. The lowest BCUT2D eigenvalue weighted by Crippen LogP contribution is -2.40. The predicted molar refractivity (Wildman–Crippen MR) is 56.9 cm³/mol. The summed E-state index contributed by atoms with van der Waals surface area (Å²) in [7, 11) is 2.38. The van der Waals surface area contributed by atoms with Crippen LogP contribution in [-0.2, 0) is 23.9 Å². The molecular weight excluding hydrogens is 230 g/mol. The van der Waals surface area contributed by atoms with Crippen molar-refractivity contribution in [3.05, 3.63) is 0 Å². The molecule has 17 heavy (non-hydrogen) atoms. The summed E-state index contributed by atoms with van der Waals surface area (Å²) in [4.78, 5) is 34.7. The minimum absolute atomic E-state index is 0.0600. The first-order chi connectivity index (χ1) is 8.04. The van der Waals surface area contributed by atoms with Crippen LogP contribution in [0.15, 0.2) is 0 Å². The molecule has 0 atom stereocenters. The van der Waals surface area contributed by atoms with Gasteiger partial charge < -0.3 is 19.5 Å². The van der Waals surface area contributed by atoms with Gasteiger partial charge in [-0.05, 0) is 6.42 Å². The smallest absolute Gasteiger partial charge is 0.325 e. The van der Waals surface area contributed by atoms with E-state index < -0.39 is 17.8 Å². The number of aliphatic hydroxyl groups is 1. The number of hydrogen-bond acceptors (Lipinski definition) is 6. The van der Waals surface area contributed by atoms with Crippen molar-refractivity contribution in [2.75, 3.05) is 33.9 Å². The molecule has 0 unspecified atom stereocenters. The number of carbonyl (C=O) groups is 3. The molecule has 98 valence electrons. The summed E-state index contributed by atoms with van der Waals surface area (Å²) in [5.41, 5.74) is 0. The van der Waals surface area contributed by atoms with Crippen molar-refractivity contribution in [3.63, 3.8) is 0 Å². The van der Waals surface area contributed by atoms with E-state index >= 15 is 0 Å². The van der Waals surface area contributed by atoms with Crippen LogP contribution in [0.5, 0.6) is 0 Å². The van der Waals surface area contributed by atoms with E-state index in [4.69, 9.17) is 5.11 Å². The lowest BCUT2D eigenvalue weighted by molar-refractivity contribution is -0.152. The van der Waals surface area contributed by atoms with Crippen molar-refractivity contribution < 1.29 is 29.0 Å². The Balaban J connectivity index is 4.42. The molecule has 0 aromatic heterocycles. The fourth-order valence-electron chi connectivity index (χ4n) is 1.06. The topological polar surface area (TPSA) is 93.1 Å². The van der Waals surface area contributed by atoms with E-state index in [1.165, 1.54) is 14.2 Å². The highest BCUT2D eigenvalue weighted by molar-refractivity contribution is 5.85. The molecule has 1 N–H and O–H groups in total. The average Bonchev–Trinajstić information content (AvgIpc) is 2.34. The molecule has 7 nitrogen and oxygen atoms in total. The Bertz CT molecular complexity index is 260. The van der Waals surface area contributed by atoms with Crippen LogP contribution in [0.1, 0.15) is 12.8 Å². The summed E-state index contributed by atoms with van der Waals surface area (Å²) in [6.07, 6.45) is 0.335. The number of rotatable bonds is 7. The number of carbonyl (C=O) groups excluding carboxylic acids is 3. The van der Waals surface area contributed by atoms with E-state index in [-0.39, 0.29) is 32.5 Å². The van der Waals surface area contributed by atoms with Crippen molar-refractivity contribution in [2.24, 2.45) is 0 Å². The number of nitrogens with zero attached hydrogens (tertiary/aromatic N) is 1. The van der Waals surface area contributed by atoms with Gasteiger partial charge in [-0.25, -0.2) is 0 Å². The first kappa shape index (κ1) is 15.4. The monoisotopic (exact) mass is 247 g/mol. The molecule has 0 aromatic carbocycles. The van der Waals surface area contributed by atoms with E-state index in [9.17, 15) is 14.4 Å². The molecule has 0 rings (SSSR count). The first-order valence-electron chi connectivity index (χ1n) is 5.07. The second-order valence-corrected chi connectivity index (χ2v) is 3.23. The normalized spacial score (nSPS) is 9.59. The SMILES string of the molecule is COC(=O)CN(CC(=O)OC)C(=O)CCCO. The highest BCUT2D eigenvalue weighted by Gasteiger charge is 2.20. The van der Waals surface area contributed by atoms with Crippen LogP contribution in [-0.4, -0.2) is 61.8 Å².